The Balaban J connectivity index is 1.49. The van der Waals surface area contributed by atoms with E-state index in [9.17, 15) is 14.4 Å². The zero-order valence-electron chi connectivity index (χ0n) is 14.5. The van der Waals surface area contributed by atoms with Gasteiger partial charge in [-0.3, -0.25) is 14.4 Å². The number of carbonyl (C=O) groups excluding carboxylic acids is 3. The summed E-state index contributed by atoms with van der Waals surface area (Å²) in [7, 11) is 0. The Morgan fingerprint density at radius 1 is 1.19 bits per heavy atom. The van der Waals surface area contributed by atoms with Crippen LogP contribution >= 0.6 is 11.6 Å². The number of benzene rings is 2. The van der Waals surface area contributed by atoms with Crippen molar-refractivity contribution in [2.45, 2.75) is 19.4 Å². The lowest BCUT2D eigenvalue weighted by Crippen LogP contribution is -2.34. The molecule has 3 rings (SSSR count). The third-order valence-electron chi connectivity index (χ3n) is 3.94. The lowest BCUT2D eigenvalue weighted by molar-refractivity contribution is -0.122. The maximum Gasteiger partial charge on any atom is 0.265 e. The van der Waals surface area contributed by atoms with Crippen LogP contribution < -0.4 is 20.7 Å². The van der Waals surface area contributed by atoms with Crippen molar-refractivity contribution in [1.29, 1.82) is 0 Å². The molecule has 1 heterocycles. The third kappa shape index (κ3) is 4.77. The fraction of sp³-hybridized carbons (Fsp3) is 0.211. The number of fused-ring (bicyclic) bond motifs is 1. The molecule has 3 amide bonds. The number of ether oxygens (including phenoxy) is 1. The Labute approximate surface area is 161 Å². The van der Waals surface area contributed by atoms with Gasteiger partial charge in [-0.2, -0.15) is 0 Å². The average molecular weight is 388 g/mol. The predicted octanol–water partition coefficient (Wildman–Crippen LogP) is 2.82. The van der Waals surface area contributed by atoms with Crippen LogP contribution in [0.4, 0.5) is 11.4 Å². The van der Waals surface area contributed by atoms with Gasteiger partial charge in [0, 0.05) is 29.2 Å². The highest BCUT2D eigenvalue weighted by Gasteiger charge is 2.23. The molecule has 0 saturated carbocycles. The molecule has 8 heteroatoms. The molecule has 2 aromatic carbocycles. The SMILES string of the molecule is CC1Oc2ccc(NC(=O)CCNC(=O)c3ccc(Cl)cc3)cc2NC1=O. The quantitative estimate of drug-likeness (QED) is 0.735. The van der Waals surface area contributed by atoms with E-state index >= 15 is 0 Å². The van der Waals surface area contributed by atoms with Gasteiger partial charge in [0.1, 0.15) is 5.75 Å². The van der Waals surface area contributed by atoms with E-state index in [-0.39, 0.29) is 30.7 Å². The van der Waals surface area contributed by atoms with Crippen molar-refractivity contribution in [3.63, 3.8) is 0 Å². The van der Waals surface area contributed by atoms with E-state index in [0.29, 0.717) is 27.7 Å². The second kappa shape index (κ2) is 8.09. The van der Waals surface area contributed by atoms with Crippen LogP contribution in [-0.4, -0.2) is 30.4 Å². The summed E-state index contributed by atoms with van der Waals surface area (Å²) in [6.45, 7) is 1.85. The number of amides is 3. The Kier molecular flexibility index (Phi) is 5.61. The Morgan fingerprint density at radius 2 is 1.93 bits per heavy atom. The van der Waals surface area contributed by atoms with Gasteiger partial charge in [-0.15, -0.1) is 0 Å². The monoisotopic (exact) mass is 387 g/mol. The van der Waals surface area contributed by atoms with Gasteiger partial charge in [-0.1, -0.05) is 11.6 Å². The normalized spacial score (nSPS) is 15.2. The molecule has 7 nitrogen and oxygen atoms in total. The molecule has 0 fully saturated rings. The van der Waals surface area contributed by atoms with Crippen LogP contribution in [0.5, 0.6) is 5.75 Å². The molecule has 0 radical (unpaired) electrons. The lowest BCUT2D eigenvalue weighted by atomic mass is 10.2. The summed E-state index contributed by atoms with van der Waals surface area (Å²) in [5.41, 5.74) is 1.51. The Morgan fingerprint density at radius 3 is 2.67 bits per heavy atom. The summed E-state index contributed by atoms with van der Waals surface area (Å²) in [5.74, 6) is -0.226. The van der Waals surface area contributed by atoms with Crippen molar-refractivity contribution >= 4 is 40.7 Å². The molecule has 27 heavy (non-hydrogen) atoms. The van der Waals surface area contributed by atoms with Crippen LogP contribution in [0.25, 0.3) is 0 Å². The first-order valence-electron chi connectivity index (χ1n) is 8.37. The lowest BCUT2D eigenvalue weighted by Gasteiger charge is -2.23. The van der Waals surface area contributed by atoms with Gasteiger partial charge >= 0.3 is 0 Å². The molecule has 0 spiro atoms. The van der Waals surface area contributed by atoms with E-state index in [1.165, 1.54) is 0 Å². The van der Waals surface area contributed by atoms with Gasteiger partial charge < -0.3 is 20.7 Å². The van der Waals surface area contributed by atoms with Gasteiger partial charge in [0.25, 0.3) is 11.8 Å². The van der Waals surface area contributed by atoms with E-state index < -0.39 is 6.10 Å². The van der Waals surface area contributed by atoms with Crippen molar-refractivity contribution in [3.05, 3.63) is 53.1 Å². The Hall–Kier alpha value is -3.06. The van der Waals surface area contributed by atoms with Gasteiger partial charge in [-0.05, 0) is 49.4 Å². The molecule has 1 aliphatic heterocycles. The average Bonchev–Trinajstić information content (AvgIpc) is 2.63. The molecule has 0 aliphatic carbocycles. The molecular formula is C19H18ClN3O4. The molecule has 0 bridgehead atoms. The number of carbonyl (C=O) groups is 3. The van der Waals surface area contributed by atoms with Crippen molar-refractivity contribution in [2.24, 2.45) is 0 Å². The minimum atomic E-state index is -0.554. The van der Waals surface area contributed by atoms with Crippen molar-refractivity contribution in [1.82, 2.24) is 5.32 Å². The van der Waals surface area contributed by atoms with Crippen LogP contribution in [0.3, 0.4) is 0 Å². The van der Waals surface area contributed by atoms with Crippen molar-refractivity contribution in [2.75, 3.05) is 17.2 Å². The number of halogens is 1. The molecule has 3 N–H and O–H groups in total. The third-order valence-corrected chi connectivity index (χ3v) is 4.19. The molecule has 1 aliphatic rings. The maximum atomic E-state index is 12.1. The highest BCUT2D eigenvalue weighted by Crippen LogP contribution is 2.32. The minimum absolute atomic E-state index is 0.107. The maximum absolute atomic E-state index is 12.1. The topological polar surface area (TPSA) is 96.5 Å². The highest BCUT2D eigenvalue weighted by atomic mass is 35.5. The largest absolute Gasteiger partial charge is 0.479 e. The van der Waals surface area contributed by atoms with Crippen LogP contribution in [0, 0.1) is 0 Å². The Bertz CT molecular complexity index is 883. The van der Waals surface area contributed by atoms with E-state index in [1.807, 2.05) is 0 Å². The standard InChI is InChI=1S/C19H18ClN3O4/c1-11-18(25)23-15-10-14(6-7-16(15)27-11)22-17(24)8-9-21-19(26)12-2-4-13(20)5-3-12/h2-7,10-11H,8-9H2,1H3,(H,21,26)(H,22,24)(H,23,25). The van der Waals surface area contributed by atoms with E-state index in [2.05, 4.69) is 16.0 Å². The van der Waals surface area contributed by atoms with Crippen LogP contribution in [-0.2, 0) is 9.59 Å². The first-order chi connectivity index (χ1) is 12.9. The van der Waals surface area contributed by atoms with E-state index in [1.54, 1.807) is 49.4 Å². The van der Waals surface area contributed by atoms with Gasteiger partial charge in [-0.25, -0.2) is 0 Å². The van der Waals surface area contributed by atoms with Gasteiger partial charge in [0.15, 0.2) is 6.10 Å². The fourth-order valence-electron chi connectivity index (χ4n) is 2.50. The van der Waals surface area contributed by atoms with E-state index in [0.717, 1.165) is 0 Å². The molecule has 0 saturated heterocycles. The zero-order chi connectivity index (χ0) is 19.4. The summed E-state index contributed by atoms with van der Waals surface area (Å²) in [6, 6.07) is 11.5. The number of hydrogen-bond acceptors (Lipinski definition) is 4. The van der Waals surface area contributed by atoms with Crippen LogP contribution in [0.1, 0.15) is 23.7 Å². The number of anilines is 2. The summed E-state index contributed by atoms with van der Waals surface area (Å²) in [4.78, 5) is 35.7. The summed E-state index contributed by atoms with van der Waals surface area (Å²) in [5, 5.41) is 8.67. The van der Waals surface area contributed by atoms with Crippen molar-refractivity contribution in [3.8, 4) is 5.75 Å². The van der Waals surface area contributed by atoms with Gasteiger partial charge in [0.2, 0.25) is 5.91 Å². The molecule has 1 unspecified atom stereocenters. The number of nitrogens with one attached hydrogen (secondary N) is 3. The second-order valence-electron chi connectivity index (χ2n) is 6.02. The van der Waals surface area contributed by atoms with Crippen LogP contribution in [0.2, 0.25) is 5.02 Å². The summed E-state index contributed by atoms with van der Waals surface area (Å²) >= 11 is 5.78. The first-order valence-corrected chi connectivity index (χ1v) is 8.75. The minimum Gasteiger partial charge on any atom is -0.479 e. The van der Waals surface area contributed by atoms with E-state index in [4.69, 9.17) is 16.3 Å². The van der Waals surface area contributed by atoms with Gasteiger partial charge in [0.05, 0.1) is 5.69 Å². The first kappa shape index (κ1) is 18.7. The number of hydrogen-bond donors (Lipinski definition) is 3. The second-order valence-corrected chi connectivity index (χ2v) is 6.46. The predicted molar refractivity (Wildman–Crippen MR) is 102 cm³/mol. The fourth-order valence-corrected chi connectivity index (χ4v) is 2.63. The number of rotatable bonds is 5. The molecular weight excluding hydrogens is 370 g/mol. The summed E-state index contributed by atoms with van der Waals surface area (Å²) in [6.07, 6.45) is -0.446. The molecule has 140 valence electrons. The molecule has 0 aromatic heterocycles. The molecule has 2 aromatic rings. The summed E-state index contributed by atoms with van der Waals surface area (Å²) < 4.78 is 5.46. The smallest absolute Gasteiger partial charge is 0.265 e. The zero-order valence-corrected chi connectivity index (χ0v) is 15.3. The van der Waals surface area contributed by atoms with Crippen LogP contribution in [0.15, 0.2) is 42.5 Å². The van der Waals surface area contributed by atoms with Crippen molar-refractivity contribution < 1.29 is 19.1 Å². The molecule has 1 atom stereocenters. The highest BCUT2D eigenvalue weighted by molar-refractivity contribution is 6.30.